The van der Waals surface area contributed by atoms with Gasteiger partial charge in [-0.3, -0.25) is 4.98 Å². The summed E-state index contributed by atoms with van der Waals surface area (Å²) in [5.41, 5.74) is 0.0315. The van der Waals surface area contributed by atoms with Gasteiger partial charge in [-0.2, -0.15) is 0 Å². The molecule has 0 fully saturated rings. The number of benzene rings is 1. The fourth-order valence-corrected chi connectivity index (χ4v) is 1.56. The standard InChI is InChI=1S/C13H12F3N3/c1-2-5-18-11-7-17-6-10(19-11)8-3-4-9(14)13(16)12(8)15/h3-4,6-7H,2,5H2,1H3,(H,18,19). The molecule has 0 radical (unpaired) electrons. The Morgan fingerprint density at radius 2 is 1.89 bits per heavy atom. The van der Waals surface area contributed by atoms with E-state index in [1.807, 2.05) is 6.92 Å². The predicted octanol–water partition coefficient (Wildman–Crippen LogP) is 3.38. The molecule has 0 spiro atoms. The second-order valence-electron chi connectivity index (χ2n) is 3.94. The van der Waals surface area contributed by atoms with Crippen LogP contribution in [0.1, 0.15) is 13.3 Å². The summed E-state index contributed by atoms with van der Waals surface area (Å²) in [5, 5.41) is 2.99. The number of nitrogens with zero attached hydrogens (tertiary/aromatic N) is 2. The van der Waals surface area contributed by atoms with Crippen molar-refractivity contribution in [1.29, 1.82) is 0 Å². The molecular weight excluding hydrogens is 255 g/mol. The van der Waals surface area contributed by atoms with Gasteiger partial charge in [0, 0.05) is 12.1 Å². The molecule has 1 heterocycles. The van der Waals surface area contributed by atoms with E-state index in [1.165, 1.54) is 12.4 Å². The van der Waals surface area contributed by atoms with Gasteiger partial charge in [-0.25, -0.2) is 18.2 Å². The molecule has 2 rings (SSSR count). The van der Waals surface area contributed by atoms with Crippen LogP contribution in [0.2, 0.25) is 0 Å². The maximum Gasteiger partial charge on any atom is 0.195 e. The van der Waals surface area contributed by atoms with Gasteiger partial charge in [0.1, 0.15) is 5.82 Å². The smallest absolute Gasteiger partial charge is 0.195 e. The van der Waals surface area contributed by atoms with Crippen LogP contribution in [0, 0.1) is 17.5 Å². The third-order valence-electron chi connectivity index (χ3n) is 2.50. The van der Waals surface area contributed by atoms with Gasteiger partial charge in [-0.15, -0.1) is 0 Å². The van der Waals surface area contributed by atoms with Gasteiger partial charge < -0.3 is 5.32 Å². The van der Waals surface area contributed by atoms with E-state index < -0.39 is 17.5 Å². The summed E-state index contributed by atoms with van der Waals surface area (Å²) in [6.45, 7) is 2.68. The van der Waals surface area contributed by atoms with Crippen LogP contribution in [-0.4, -0.2) is 16.5 Å². The van der Waals surface area contributed by atoms with Crippen molar-refractivity contribution in [3.63, 3.8) is 0 Å². The van der Waals surface area contributed by atoms with E-state index in [2.05, 4.69) is 15.3 Å². The van der Waals surface area contributed by atoms with Crippen molar-refractivity contribution in [2.45, 2.75) is 13.3 Å². The summed E-state index contributed by atoms with van der Waals surface area (Å²) in [7, 11) is 0. The highest BCUT2D eigenvalue weighted by Gasteiger charge is 2.15. The van der Waals surface area contributed by atoms with Crippen molar-refractivity contribution in [2.24, 2.45) is 0 Å². The number of halogens is 3. The zero-order valence-corrected chi connectivity index (χ0v) is 10.3. The van der Waals surface area contributed by atoms with Crippen molar-refractivity contribution in [3.05, 3.63) is 42.0 Å². The number of anilines is 1. The first-order valence-electron chi connectivity index (χ1n) is 5.83. The maximum atomic E-state index is 13.6. The summed E-state index contributed by atoms with van der Waals surface area (Å²) in [6.07, 6.45) is 3.68. The molecule has 2 aromatic rings. The Morgan fingerprint density at radius 1 is 1.11 bits per heavy atom. The Morgan fingerprint density at radius 3 is 2.63 bits per heavy atom. The summed E-state index contributed by atoms with van der Waals surface area (Å²) in [6, 6.07) is 2.00. The maximum absolute atomic E-state index is 13.6. The Kier molecular flexibility index (Phi) is 3.99. The van der Waals surface area contributed by atoms with Crippen LogP contribution in [0.25, 0.3) is 11.3 Å². The summed E-state index contributed by atoms with van der Waals surface area (Å²) in [5.74, 6) is -3.54. The summed E-state index contributed by atoms with van der Waals surface area (Å²) >= 11 is 0. The highest BCUT2D eigenvalue weighted by atomic mass is 19.2. The Hall–Kier alpha value is -2.11. The van der Waals surface area contributed by atoms with Gasteiger partial charge in [0.25, 0.3) is 0 Å². The van der Waals surface area contributed by atoms with E-state index in [4.69, 9.17) is 0 Å². The molecule has 0 saturated heterocycles. The predicted molar refractivity (Wildman–Crippen MR) is 66.1 cm³/mol. The van der Waals surface area contributed by atoms with E-state index in [1.54, 1.807) is 0 Å². The second-order valence-corrected chi connectivity index (χ2v) is 3.94. The normalized spacial score (nSPS) is 10.5. The molecular formula is C13H12F3N3. The van der Waals surface area contributed by atoms with Crippen molar-refractivity contribution >= 4 is 5.82 Å². The van der Waals surface area contributed by atoms with E-state index in [9.17, 15) is 13.2 Å². The molecule has 0 aliphatic rings. The molecule has 0 bridgehead atoms. The third kappa shape index (κ3) is 2.83. The molecule has 0 aliphatic heterocycles. The van der Waals surface area contributed by atoms with E-state index >= 15 is 0 Å². The molecule has 0 saturated carbocycles. The lowest BCUT2D eigenvalue weighted by Gasteiger charge is -2.07. The average Bonchev–Trinajstić information content (AvgIpc) is 2.43. The zero-order chi connectivity index (χ0) is 13.8. The van der Waals surface area contributed by atoms with Gasteiger partial charge in [0.2, 0.25) is 0 Å². The number of aromatic nitrogens is 2. The van der Waals surface area contributed by atoms with Gasteiger partial charge in [0.05, 0.1) is 18.1 Å². The van der Waals surface area contributed by atoms with E-state index in [0.29, 0.717) is 12.4 Å². The average molecular weight is 267 g/mol. The molecule has 6 heteroatoms. The lowest BCUT2D eigenvalue weighted by molar-refractivity contribution is 0.449. The summed E-state index contributed by atoms with van der Waals surface area (Å²) in [4.78, 5) is 8.01. The monoisotopic (exact) mass is 267 g/mol. The fraction of sp³-hybridized carbons (Fsp3) is 0.231. The van der Waals surface area contributed by atoms with Crippen molar-refractivity contribution in [3.8, 4) is 11.3 Å². The minimum absolute atomic E-state index is 0.119. The first kappa shape index (κ1) is 13.3. The quantitative estimate of drug-likeness (QED) is 0.863. The first-order valence-corrected chi connectivity index (χ1v) is 5.83. The largest absolute Gasteiger partial charge is 0.369 e. The zero-order valence-electron chi connectivity index (χ0n) is 10.3. The molecule has 0 amide bonds. The minimum atomic E-state index is -1.51. The number of hydrogen-bond acceptors (Lipinski definition) is 3. The Bertz CT molecular complexity index is 587. The van der Waals surface area contributed by atoms with E-state index in [0.717, 1.165) is 18.6 Å². The van der Waals surface area contributed by atoms with E-state index in [-0.39, 0.29) is 11.3 Å². The number of nitrogens with one attached hydrogen (secondary N) is 1. The van der Waals surface area contributed by atoms with Crippen LogP contribution >= 0.6 is 0 Å². The fourth-order valence-electron chi connectivity index (χ4n) is 1.56. The minimum Gasteiger partial charge on any atom is -0.369 e. The van der Waals surface area contributed by atoms with Crippen molar-refractivity contribution in [2.75, 3.05) is 11.9 Å². The Balaban J connectivity index is 2.39. The lowest BCUT2D eigenvalue weighted by atomic mass is 10.1. The van der Waals surface area contributed by atoms with Crippen molar-refractivity contribution < 1.29 is 13.2 Å². The van der Waals surface area contributed by atoms with Crippen LogP contribution in [0.4, 0.5) is 19.0 Å². The molecule has 100 valence electrons. The topological polar surface area (TPSA) is 37.8 Å². The molecule has 0 atom stereocenters. The van der Waals surface area contributed by atoms with Crippen LogP contribution in [0.15, 0.2) is 24.5 Å². The highest BCUT2D eigenvalue weighted by molar-refractivity contribution is 5.60. The molecule has 1 N–H and O–H groups in total. The number of hydrogen-bond donors (Lipinski definition) is 1. The van der Waals surface area contributed by atoms with Gasteiger partial charge >= 0.3 is 0 Å². The summed E-state index contributed by atoms with van der Waals surface area (Å²) < 4.78 is 39.7. The second kappa shape index (κ2) is 5.69. The molecule has 0 unspecified atom stereocenters. The van der Waals surface area contributed by atoms with Crippen molar-refractivity contribution in [1.82, 2.24) is 9.97 Å². The van der Waals surface area contributed by atoms with Gasteiger partial charge in [0.15, 0.2) is 17.5 Å². The molecule has 1 aromatic carbocycles. The molecule has 1 aromatic heterocycles. The van der Waals surface area contributed by atoms with Crippen LogP contribution in [0.5, 0.6) is 0 Å². The Labute approximate surface area is 108 Å². The molecule has 19 heavy (non-hydrogen) atoms. The van der Waals surface area contributed by atoms with Gasteiger partial charge in [-0.05, 0) is 18.6 Å². The molecule has 3 nitrogen and oxygen atoms in total. The lowest BCUT2D eigenvalue weighted by Crippen LogP contribution is -2.03. The highest BCUT2D eigenvalue weighted by Crippen LogP contribution is 2.24. The van der Waals surface area contributed by atoms with Crippen LogP contribution in [-0.2, 0) is 0 Å². The number of rotatable bonds is 4. The third-order valence-corrected chi connectivity index (χ3v) is 2.50. The first-order chi connectivity index (χ1) is 9.13. The molecule has 0 aliphatic carbocycles. The van der Waals surface area contributed by atoms with Gasteiger partial charge in [-0.1, -0.05) is 6.92 Å². The van der Waals surface area contributed by atoms with Crippen LogP contribution < -0.4 is 5.32 Å². The SMILES string of the molecule is CCCNc1cncc(-c2ccc(F)c(F)c2F)n1. The van der Waals surface area contributed by atoms with Crippen LogP contribution in [0.3, 0.4) is 0 Å².